The molecule has 0 saturated heterocycles. The lowest BCUT2D eigenvalue weighted by Crippen LogP contribution is -2.33. The lowest BCUT2D eigenvalue weighted by molar-refractivity contribution is 0.0938. The van der Waals surface area contributed by atoms with Gasteiger partial charge in [0.25, 0.3) is 5.91 Å². The Hall–Kier alpha value is -2.23. The van der Waals surface area contributed by atoms with Gasteiger partial charge in [0, 0.05) is 12.2 Å². The Kier molecular flexibility index (Phi) is 4.82. The van der Waals surface area contributed by atoms with Gasteiger partial charge in [-0.05, 0) is 37.5 Å². The van der Waals surface area contributed by atoms with E-state index in [1.54, 1.807) is 0 Å². The highest BCUT2D eigenvalue weighted by Gasteiger charge is 2.10. The summed E-state index contributed by atoms with van der Waals surface area (Å²) in [6.45, 7) is 1.96. The normalized spacial score (nSPS) is 11.9. The number of carbonyl (C=O) groups excluding carboxylic acids is 1. The molecule has 1 unspecified atom stereocenters. The molecule has 0 aliphatic carbocycles. The molecule has 0 spiro atoms. The average molecular weight is 272 g/mol. The van der Waals surface area contributed by atoms with Crippen molar-refractivity contribution in [1.29, 1.82) is 0 Å². The van der Waals surface area contributed by atoms with Crippen molar-refractivity contribution in [2.45, 2.75) is 25.8 Å². The number of halogens is 1. The maximum atomic E-state index is 12.7. The van der Waals surface area contributed by atoms with Gasteiger partial charge < -0.3 is 5.32 Å². The molecular weight excluding hydrogens is 255 g/mol. The van der Waals surface area contributed by atoms with E-state index in [4.69, 9.17) is 0 Å². The third-order valence-corrected chi connectivity index (χ3v) is 3.08. The number of hydrogen-bond acceptors (Lipinski definition) is 2. The first-order valence-electron chi connectivity index (χ1n) is 6.61. The van der Waals surface area contributed by atoms with Crippen molar-refractivity contribution in [1.82, 2.24) is 10.3 Å². The van der Waals surface area contributed by atoms with Gasteiger partial charge in [0.1, 0.15) is 0 Å². The predicted octanol–water partition coefficient (Wildman–Crippen LogP) is 2.97. The van der Waals surface area contributed by atoms with Crippen LogP contribution in [0.25, 0.3) is 0 Å². The van der Waals surface area contributed by atoms with Gasteiger partial charge >= 0.3 is 0 Å². The van der Waals surface area contributed by atoms with Crippen molar-refractivity contribution in [3.63, 3.8) is 0 Å². The number of aryl methyl sites for hydroxylation is 1. The van der Waals surface area contributed by atoms with Gasteiger partial charge in [-0.15, -0.1) is 0 Å². The Balaban J connectivity index is 1.83. The van der Waals surface area contributed by atoms with Crippen LogP contribution in [0, 0.1) is 5.95 Å². The van der Waals surface area contributed by atoms with Crippen molar-refractivity contribution in [2.75, 3.05) is 0 Å². The molecule has 0 saturated carbocycles. The standard InChI is InChI=1S/C16H17FN2O/c1-12(7-8-13-5-3-2-4-6-13)19-16(20)14-9-10-15(17)18-11-14/h2-6,9-12H,7-8H2,1H3,(H,19,20). The van der Waals surface area contributed by atoms with E-state index in [1.807, 2.05) is 25.1 Å². The van der Waals surface area contributed by atoms with Crippen LogP contribution in [0.3, 0.4) is 0 Å². The van der Waals surface area contributed by atoms with Crippen molar-refractivity contribution in [3.8, 4) is 0 Å². The maximum Gasteiger partial charge on any atom is 0.253 e. The zero-order chi connectivity index (χ0) is 14.4. The largest absolute Gasteiger partial charge is 0.350 e. The summed E-state index contributed by atoms with van der Waals surface area (Å²) in [7, 11) is 0. The monoisotopic (exact) mass is 272 g/mol. The molecule has 1 heterocycles. The van der Waals surface area contributed by atoms with E-state index in [0.29, 0.717) is 5.56 Å². The van der Waals surface area contributed by atoms with Gasteiger partial charge in [0.15, 0.2) is 0 Å². The van der Waals surface area contributed by atoms with Gasteiger partial charge in [-0.3, -0.25) is 4.79 Å². The molecule has 1 atom stereocenters. The highest BCUT2D eigenvalue weighted by Crippen LogP contribution is 2.06. The molecule has 1 aromatic carbocycles. The molecule has 0 bridgehead atoms. The zero-order valence-electron chi connectivity index (χ0n) is 11.3. The summed E-state index contributed by atoms with van der Waals surface area (Å²) in [4.78, 5) is 15.4. The van der Waals surface area contributed by atoms with E-state index in [1.165, 1.54) is 23.9 Å². The molecule has 0 radical (unpaired) electrons. The van der Waals surface area contributed by atoms with Gasteiger partial charge in [-0.1, -0.05) is 30.3 Å². The Morgan fingerprint density at radius 1 is 1.25 bits per heavy atom. The minimum absolute atomic E-state index is 0.0489. The highest BCUT2D eigenvalue weighted by molar-refractivity contribution is 5.93. The Morgan fingerprint density at radius 3 is 2.65 bits per heavy atom. The lowest BCUT2D eigenvalue weighted by atomic mass is 10.1. The minimum Gasteiger partial charge on any atom is -0.350 e. The quantitative estimate of drug-likeness (QED) is 0.850. The maximum absolute atomic E-state index is 12.7. The summed E-state index contributed by atoms with van der Waals surface area (Å²) < 4.78 is 12.7. The Bertz CT molecular complexity index is 554. The number of rotatable bonds is 5. The molecular formula is C16H17FN2O. The first-order chi connectivity index (χ1) is 9.65. The number of nitrogens with zero attached hydrogens (tertiary/aromatic N) is 1. The molecule has 2 rings (SSSR count). The fraction of sp³-hybridized carbons (Fsp3) is 0.250. The molecule has 0 fully saturated rings. The molecule has 4 heteroatoms. The van der Waals surface area contributed by atoms with Crippen LogP contribution >= 0.6 is 0 Å². The number of hydrogen-bond donors (Lipinski definition) is 1. The number of carbonyl (C=O) groups is 1. The van der Waals surface area contributed by atoms with Crippen molar-refractivity contribution >= 4 is 5.91 Å². The number of aromatic nitrogens is 1. The van der Waals surface area contributed by atoms with Gasteiger partial charge in [-0.25, -0.2) is 4.98 Å². The average Bonchev–Trinajstić information content (AvgIpc) is 2.47. The zero-order valence-corrected chi connectivity index (χ0v) is 11.3. The van der Waals surface area contributed by atoms with Gasteiger partial charge in [0.05, 0.1) is 5.56 Å². The van der Waals surface area contributed by atoms with E-state index in [-0.39, 0.29) is 11.9 Å². The van der Waals surface area contributed by atoms with Crippen LogP contribution in [0.2, 0.25) is 0 Å². The predicted molar refractivity (Wildman–Crippen MR) is 75.9 cm³/mol. The molecule has 0 aliphatic rings. The number of nitrogens with one attached hydrogen (secondary N) is 1. The van der Waals surface area contributed by atoms with Crippen LogP contribution in [0.5, 0.6) is 0 Å². The fourth-order valence-electron chi connectivity index (χ4n) is 1.92. The van der Waals surface area contributed by atoms with E-state index in [2.05, 4.69) is 22.4 Å². The summed E-state index contributed by atoms with van der Waals surface area (Å²) in [5.41, 5.74) is 1.62. The van der Waals surface area contributed by atoms with Crippen molar-refractivity contribution in [2.24, 2.45) is 0 Å². The van der Waals surface area contributed by atoms with E-state index < -0.39 is 5.95 Å². The fourth-order valence-corrected chi connectivity index (χ4v) is 1.92. The number of pyridine rings is 1. The summed E-state index contributed by atoms with van der Waals surface area (Å²) in [5, 5.41) is 2.88. The molecule has 0 aliphatic heterocycles. The molecule has 104 valence electrons. The third kappa shape index (κ3) is 4.16. The third-order valence-electron chi connectivity index (χ3n) is 3.08. The van der Waals surface area contributed by atoms with Crippen LogP contribution in [0.15, 0.2) is 48.7 Å². The summed E-state index contributed by atoms with van der Waals surface area (Å²) in [6.07, 6.45) is 3.00. The second-order valence-electron chi connectivity index (χ2n) is 4.77. The van der Waals surface area contributed by atoms with E-state index >= 15 is 0 Å². The van der Waals surface area contributed by atoms with Crippen molar-refractivity contribution < 1.29 is 9.18 Å². The van der Waals surface area contributed by atoms with Crippen LogP contribution in [-0.4, -0.2) is 16.9 Å². The number of amides is 1. The first-order valence-corrected chi connectivity index (χ1v) is 6.61. The molecule has 1 aromatic heterocycles. The molecule has 1 amide bonds. The van der Waals surface area contributed by atoms with Crippen LogP contribution in [-0.2, 0) is 6.42 Å². The van der Waals surface area contributed by atoms with Crippen molar-refractivity contribution in [3.05, 3.63) is 65.7 Å². The Morgan fingerprint density at radius 2 is 2.00 bits per heavy atom. The minimum atomic E-state index is -0.585. The summed E-state index contributed by atoms with van der Waals surface area (Å²) >= 11 is 0. The molecule has 2 aromatic rings. The second kappa shape index (κ2) is 6.80. The number of benzene rings is 1. The smallest absolute Gasteiger partial charge is 0.253 e. The second-order valence-corrected chi connectivity index (χ2v) is 4.77. The summed E-state index contributed by atoms with van der Waals surface area (Å²) in [5.74, 6) is -0.809. The molecule has 20 heavy (non-hydrogen) atoms. The lowest BCUT2D eigenvalue weighted by Gasteiger charge is -2.13. The Labute approximate surface area is 117 Å². The SMILES string of the molecule is CC(CCc1ccccc1)NC(=O)c1ccc(F)nc1. The topological polar surface area (TPSA) is 42.0 Å². The van der Waals surface area contributed by atoms with Crippen LogP contribution in [0.1, 0.15) is 29.3 Å². The molecule has 1 N–H and O–H groups in total. The van der Waals surface area contributed by atoms with Gasteiger partial charge in [0.2, 0.25) is 5.95 Å². The van der Waals surface area contributed by atoms with Gasteiger partial charge in [-0.2, -0.15) is 4.39 Å². The van der Waals surface area contributed by atoms with Crippen LogP contribution < -0.4 is 5.32 Å². The molecule has 3 nitrogen and oxygen atoms in total. The van der Waals surface area contributed by atoms with E-state index in [9.17, 15) is 9.18 Å². The first kappa shape index (κ1) is 14.2. The van der Waals surface area contributed by atoms with Crippen LogP contribution in [0.4, 0.5) is 4.39 Å². The summed E-state index contributed by atoms with van der Waals surface area (Å²) in [6, 6.07) is 12.8. The van der Waals surface area contributed by atoms with E-state index in [0.717, 1.165) is 12.8 Å². The highest BCUT2D eigenvalue weighted by atomic mass is 19.1.